The summed E-state index contributed by atoms with van der Waals surface area (Å²) in [7, 11) is 4.06. The number of ether oxygens (including phenoxy) is 6. The number of aliphatic hydroxyl groups is 1. The normalized spacial score (nSPS) is 10.0. The smallest absolute Gasteiger partial charge is 0.338 e. The molecule has 0 spiro atoms. The van der Waals surface area contributed by atoms with Crippen LogP contribution in [0.3, 0.4) is 0 Å². The molecule has 0 aliphatic carbocycles. The number of aromatic amines is 2. The van der Waals surface area contributed by atoms with E-state index in [1.54, 1.807) is 92.7 Å². The summed E-state index contributed by atoms with van der Waals surface area (Å²) in [5.74, 6) is 0.886. The molecule has 568 valence electrons. The van der Waals surface area contributed by atoms with E-state index in [1.165, 1.54) is 21.3 Å². The van der Waals surface area contributed by atoms with Gasteiger partial charge < -0.3 is 59.4 Å². The van der Waals surface area contributed by atoms with Crippen LogP contribution in [0, 0.1) is 62.3 Å². The quantitative estimate of drug-likeness (QED) is 0.0179. The Kier molecular flexibility index (Phi) is 36.3. The Balaban J connectivity index is 0.000000236. The Morgan fingerprint density at radius 3 is 1.05 bits per heavy atom. The van der Waals surface area contributed by atoms with Crippen molar-refractivity contribution in [3.8, 4) is 23.0 Å². The van der Waals surface area contributed by atoms with Gasteiger partial charge in [0.15, 0.2) is 5.78 Å². The summed E-state index contributed by atoms with van der Waals surface area (Å²) in [6, 6.07) is 67.9. The first-order valence-electron chi connectivity index (χ1n) is 34.7. The molecule has 20 heteroatoms. The van der Waals surface area contributed by atoms with Crippen LogP contribution in [0.15, 0.2) is 234 Å². The van der Waals surface area contributed by atoms with Crippen molar-refractivity contribution in [2.45, 2.75) is 108 Å². The number of aldehydes is 1. The van der Waals surface area contributed by atoms with Gasteiger partial charge in [0.05, 0.1) is 50.2 Å². The van der Waals surface area contributed by atoms with Crippen molar-refractivity contribution in [3.63, 3.8) is 0 Å². The number of ketones is 1. The van der Waals surface area contributed by atoms with Crippen LogP contribution in [-0.2, 0) is 53.6 Å². The number of hydrogen-bond donors (Lipinski definition) is 6. The minimum absolute atomic E-state index is 0.0116. The lowest BCUT2D eigenvalue weighted by Gasteiger charge is -2.10. The van der Waals surface area contributed by atoms with Gasteiger partial charge in [0.2, 0.25) is 0 Å². The van der Waals surface area contributed by atoms with Crippen molar-refractivity contribution in [2.75, 3.05) is 21.3 Å². The molecule has 0 saturated carbocycles. The number of Topliss-reactive ketones (excluding diaryl/α,β-unsaturated/α-hetero) is 1. The first kappa shape index (κ1) is 86.9. The van der Waals surface area contributed by atoms with E-state index in [4.69, 9.17) is 40.0 Å². The van der Waals surface area contributed by atoms with E-state index >= 15 is 0 Å². The summed E-state index contributed by atoms with van der Waals surface area (Å²) in [4.78, 5) is 96.5. The predicted molar refractivity (Wildman–Crippen MR) is 422 cm³/mol. The van der Waals surface area contributed by atoms with Crippen LogP contribution in [0.25, 0.3) is 0 Å². The molecular weight excluding hydrogens is 1380 g/mol. The lowest BCUT2D eigenvalue weighted by Crippen LogP contribution is -2.18. The second-order valence-electron chi connectivity index (χ2n) is 24.9. The first-order valence-corrected chi connectivity index (χ1v) is 34.7. The summed E-state index contributed by atoms with van der Waals surface area (Å²) in [6.45, 7) is 18.4. The lowest BCUT2D eigenvalue weighted by molar-refractivity contribution is 0.0591. The van der Waals surface area contributed by atoms with Gasteiger partial charge in [-0.2, -0.15) is 0 Å². The van der Waals surface area contributed by atoms with Crippen LogP contribution < -0.4 is 31.1 Å². The topological polar surface area (TPSA) is 310 Å². The number of carbonyl (C=O) groups excluding carboxylic acids is 5. The fourth-order valence-electron chi connectivity index (χ4n) is 10.8. The van der Waals surface area contributed by atoms with E-state index in [0.717, 1.165) is 96.1 Å². The van der Waals surface area contributed by atoms with Crippen LogP contribution in [-0.4, -0.2) is 82.6 Å². The van der Waals surface area contributed by atoms with Gasteiger partial charge in [-0.1, -0.05) is 133 Å². The number of aromatic hydroxyl groups is 1. The number of H-pyrrole nitrogens is 2. The second-order valence-corrected chi connectivity index (χ2v) is 24.9. The molecule has 11 rings (SSSR count). The van der Waals surface area contributed by atoms with E-state index in [1.807, 2.05) is 194 Å². The average molecular weight is 1480 g/mol. The third kappa shape index (κ3) is 29.2. The van der Waals surface area contributed by atoms with Crippen LogP contribution in [0.4, 0.5) is 0 Å². The standard InChI is InChI=1S/C24H25NO3.C16H16O3.C15H14O3.C10H12O3.C10H10O3.C8H12N2O.C6H6O/c1-16-13-18(3)25-24(27)22(16)11-12-23(26)21-10-9-19(14-17(21)2)15-28-20-7-5-4-6-8-20;1-12-10-13(8-9-15(12)16(17)18-2)11-19-14-6-4-3-5-7-14;1-11-9-12(7-8-14(11)15(16)17)10-18-13-5-3-2-4-6-13;2*1-7-5-8(6-11)3-4-9(7)10(12)13-2;1-5-3-6(2)10-8(11)7(5)4-9;7-6-4-2-1-3-5-6/h4-10,13-14H,11-12,15H2,1-3H3,(H,25,27);3-10H,11H2,1-2H3;2-9H,10H2,1H3,(H,16,17);3-5,11H,6H2,1-2H3;3-6H,1-2H3;3H,4,9H2,1-2H3,(H,10,11);1-5,7H. The molecule has 2 heterocycles. The number of para-hydroxylation sites is 4. The van der Waals surface area contributed by atoms with Gasteiger partial charge in [-0.05, 0) is 221 Å². The molecule has 0 aliphatic heterocycles. The van der Waals surface area contributed by atoms with Gasteiger partial charge in [-0.15, -0.1) is 0 Å². The number of aromatic nitrogens is 2. The fourth-order valence-corrected chi connectivity index (χ4v) is 10.8. The zero-order valence-corrected chi connectivity index (χ0v) is 63.5. The Morgan fingerprint density at radius 2 is 0.734 bits per heavy atom. The van der Waals surface area contributed by atoms with Gasteiger partial charge in [0, 0.05) is 46.6 Å². The monoisotopic (exact) mass is 1480 g/mol. The van der Waals surface area contributed by atoms with Crippen LogP contribution >= 0.6 is 0 Å². The van der Waals surface area contributed by atoms with Crippen molar-refractivity contribution in [3.05, 3.63) is 362 Å². The number of aryl methyl sites for hydroxylation is 9. The number of nitrogens with one attached hydrogen (secondary N) is 2. The molecule has 0 fully saturated rings. The number of aromatic carboxylic acids is 1. The Labute approximate surface area is 635 Å². The summed E-state index contributed by atoms with van der Waals surface area (Å²) < 4.78 is 30.9. The molecular formula is C89H95N3O17. The van der Waals surface area contributed by atoms with E-state index in [-0.39, 0.29) is 41.4 Å². The van der Waals surface area contributed by atoms with Gasteiger partial charge in [0.25, 0.3) is 11.1 Å². The minimum Gasteiger partial charge on any atom is -0.508 e. The number of benzene rings is 9. The van der Waals surface area contributed by atoms with Crippen molar-refractivity contribution in [1.82, 2.24) is 9.97 Å². The molecule has 0 amide bonds. The van der Waals surface area contributed by atoms with E-state index in [2.05, 4.69) is 19.4 Å². The SMILES string of the molecule is COC(=O)c1ccc(C=O)cc1C.COC(=O)c1ccc(CO)cc1C.COC(=O)c1ccc(COc2ccccc2)cc1C.Cc1cc(C)c(CCC(=O)c2ccc(COc3ccccc3)cc2C)c(=O)[nH]1.Cc1cc(C)c(CN)c(=O)[nH]1.Cc1cc(COc2ccccc2)ccc1C(=O)O.Oc1ccccc1. The Bertz CT molecular complexity index is 4900. The highest BCUT2D eigenvalue weighted by atomic mass is 16.5. The third-order valence-corrected chi connectivity index (χ3v) is 16.5. The number of pyridine rings is 2. The number of rotatable bonds is 20. The summed E-state index contributed by atoms with van der Waals surface area (Å²) in [5.41, 5.74) is 21.3. The van der Waals surface area contributed by atoms with Gasteiger partial charge in [0.1, 0.15) is 49.1 Å². The molecule has 0 bridgehead atoms. The third-order valence-electron chi connectivity index (χ3n) is 16.5. The number of nitrogens with two attached hydrogens (primary N) is 1. The number of aliphatic hydroxyl groups excluding tert-OH is 1. The summed E-state index contributed by atoms with van der Waals surface area (Å²) in [5, 5.41) is 26.4. The molecule has 0 saturated heterocycles. The van der Waals surface area contributed by atoms with Crippen molar-refractivity contribution in [1.29, 1.82) is 0 Å². The second kappa shape index (κ2) is 45.6. The molecule has 2 aromatic heterocycles. The van der Waals surface area contributed by atoms with E-state index < -0.39 is 5.97 Å². The number of carboxylic acids is 1. The van der Waals surface area contributed by atoms with Crippen LogP contribution in [0.1, 0.15) is 152 Å². The maximum Gasteiger partial charge on any atom is 0.338 e. The number of esters is 3. The van der Waals surface area contributed by atoms with Crippen molar-refractivity contribution >= 4 is 35.9 Å². The molecule has 20 nitrogen and oxygen atoms in total. The molecule has 0 atom stereocenters. The number of carboxylic acid groups (broad SMARTS) is 1. The summed E-state index contributed by atoms with van der Waals surface area (Å²) >= 11 is 0. The van der Waals surface area contributed by atoms with E-state index in [9.17, 15) is 38.4 Å². The lowest BCUT2D eigenvalue weighted by atomic mass is 9.97. The van der Waals surface area contributed by atoms with Gasteiger partial charge in [-0.3, -0.25) is 19.2 Å². The zero-order chi connectivity index (χ0) is 80.0. The fraction of sp³-hybridized carbons (Fsp3) is 0.213. The molecule has 7 N–H and O–H groups in total. The van der Waals surface area contributed by atoms with Gasteiger partial charge >= 0.3 is 23.9 Å². The first-order chi connectivity index (χ1) is 52.2. The minimum atomic E-state index is -0.900. The van der Waals surface area contributed by atoms with Gasteiger partial charge in [-0.25, -0.2) is 19.2 Å². The summed E-state index contributed by atoms with van der Waals surface area (Å²) in [6.07, 6.45) is 1.50. The van der Waals surface area contributed by atoms with Crippen molar-refractivity contribution < 1.29 is 72.5 Å². The molecule has 11 aromatic rings. The molecule has 0 radical (unpaired) electrons. The number of carbonyl (C=O) groups is 6. The number of methoxy groups -OCH3 is 3. The van der Waals surface area contributed by atoms with E-state index in [0.29, 0.717) is 89.5 Å². The molecule has 109 heavy (non-hydrogen) atoms. The average Bonchev–Trinajstić information content (AvgIpc) is 0.838. The van der Waals surface area contributed by atoms with Crippen LogP contribution in [0.5, 0.6) is 23.0 Å². The highest BCUT2D eigenvalue weighted by molar-refractivity contribution is 5.97. The number of hydrogen-bond acceptors (Lipinski definition) is 17. The Morgan fingerprint density at radius 1 is 0.404 bits per heavy atom. The highest BCUT2D eigenvalue weighted by Gasteiger charge is 2.16. The number of phenols is 1. The Hall–Kier alpha value is -12.8. The molecule has 9 aromatic carbocycles. The molecule has 0 unspecified atom stereocenters. The van der Waals surface area contributed by atoms with Crippen molar-refractivity contribution in [2.24, 2.45) is 5.73 Å². The maximum absolute atomic E-state index is 12.7. The van der Waals surface area contributed by atoms with Crippen LogP contribution in [0.2, 0.25) is 0 Å². The zero-order valence-electron chi connectivity index (χ0n) is 63.5. The number of phenolic OH excluding ortho intramolecular Hbond substituents is 1. The highest BCUT2D eigenvalue weighted by Crippen LogP contribution is 2.21. The predicted octanol–water partition coefficient (Wildman–Crippen LogP) is 16.0. The largest absolute Gasteiger partial charge is 0.508 e. The molecule has 0 aliphatic rings. The maximum atomic E-state index is 12.7.